The Balaban J connectivity index is 0. The Morgan fingerprint density at radius 1 is 0.222 bits per heavy atom. The third kappa shape index (κ3) is 60.8. The van der Waals surface area contributed by atoms with E-state index in [0.29, 0.717) is 0 Å². The SMILES string of the molecule is [B].[Ir].[Ir].[Ir].[Ir].[Ir].[Ir].[Ir].[Ir]. The van der Waals surface area contributed by atoms with Gasteiger partial charge in [0.15, 0.2) is 0 Å². The van der Waals surface area contributed by atoms with Gasteiger partial charge >= 0.3 is 0 Å². The van der Waals surface area contributed by atoms with Crippen LogP contribution >= 0.6 is 0 Å². The average molecular weight is 1550 g/mol. The standard InChI is InChI=1S/B.8Ir. The molecule has 0 aliphatic rings. The zero-order chi connectivity index (χ0) is 0. The van der Waals surface area contributed by atoms with Gasteiger partial charge in [0.05, 0.1) is 0 Å². The normalized spacial score (nSPS) is 0. The first-order chi connectivity index (χ1) is 0. The molecule has 0 N–H and O–H groups in total. The molecule has 0 saturated carbocycles. The minimum Gasteiger partial charge on any atom is 0 e. The van der Waals surface area contributed by atoms with Gasteiger partial charge in [-0.1, -0.05) is 0 Å². The topological polar surface area (TPSA) is 0 Å². The fourth-order valence-corrected chi connectivity index (χ4v) is 0. The Hall–Kier alpha value is 5.26. The summed E-state index contributed by atoms with van der Waals surface area (Å²) in [6.45, 7) is 0. The van der Waals surface area contributed by atoms with E-state index in [9.17, 15) is 0 Å². The molecular weight excluding hydrogens is 1550 g/mol. The summed E-state index contributed by atoms with van der Waals surface area (Å²) in [5.41, 5.74) is 0. The monoisotopic (exact) mass is 1550 g/mol. The van der Waals surface area contributed by atoms with Crippen molar-refractivity contribution in [2.24, 2.45) is 0 Å². The Labute approximate surface area is 166 Å². The molecule has 0 aliphatic carbocycles. The Kier molecular flexibility index (Phi) is 725. The summed E-state index contributed by atoms with van der Waals surface area (Å²) in [5.74, 6) is 0. The van der Waals surface area contributed by atoms with E-state index < -0.39 is 0 Å². The van der Waals surface area contributed by atoms with E-state index in [2.05, 4.69) is 0 Å². The van der Waals surface area contributed by atoms with Gasteiger partial charge in [-0.15, -0.1) is 0 Å². The van der Waals surface area contributed by atoms with E-state index >= 15 is 0 Å². The molecule has 75 valence electrons. The van der Waals surface area contributed by atoms with Crippen molar-refractivity contribution in [3.8, 4) is 0 Å². The van der Waals surface area contributed by atoms with Crippen LogP contribution in [-0.4, -0.2) is 8.41 Å². The van der Waals surface area contributed by atoms with Gasteiger partial charge in [0, 0.05) is 169 Å². The van der Waals surface area contributed by atoms with Crippen LogP contribution in [0.3, 0.4) is 0 Å². The molecule has 0 atom stereocenters. The zero-order valence-corrected chi connectivity index (χ0v) is 22.4. The van der Waals surface area contributed by atoms with Gasteiger partial charge in [-0.2, -0.15) is 0 Å². The summed E-state index contributed by atoms with van der Waals surface area (Å²) < 4.78 is 0. The van der Waals surface area contributed by atoms with E-state index in [0.717, 1.165) is 0 Å². The second kappa shape index (κ2) is 72.0. The van der Waals surface area contributed by atoms with Gasteiger partial charge in [-0.3, -0.25) is 0 Å². The van der Waals surface area contributed by atoms with Crippen LogP contribution in [0.4, 0.5) is 0 Å². The van der Waals surface area contributed by atoms with Crippen LogP contribution in [0, 0.1) is 0 Å². The molecule has 0 aromatic rings. The summed E-state index contributed by atoms with van der Waals surface area (Å²) in [5, 5.41) is 0. The van der Waals surface area contributed by atoms with Crippen molar-refractivity contribution < 1.29 is 161 Å². The summed E-state index contributed by atoms with van der Waals surface area (Å²) in [4.78, 5) is 0. The van der Waals surface area contributed by atoms with Gasteiger partial charge in [0.2, 0.25) is 0 Å². The second-order valence-electron chi connectivity index (χ2n) is 0. The van der Waals surface area contributed by atoms with Gasteiger partial charge in [0.25, 0.3) is 0 Å². The van der Waals surface area contributed by atoms with Gasteiger partial charge in [-0.25, -0.2) is 0 Å². The van der Waals surface area contributed by atoms with Crippen LogP contribution in [0.1, 0.15) is 0 Å². The molecule has 0 saturated heterocycles. The molecule has 0 aromatic heterocycles. The molecule has 0 unspecified atom stereocenters. The van der Waals surface area contributed by atoms with Crippen LogP contribution in [0.15, 0.2) is 0 Å². The average Bonchev–Trinajstić information content (AvgIpc) is 0. The summed E-state index contributed by atoms with van der Waals surface area (Å²) in [6, 6.07) is 0. The van der Waals surface area contributed by atoms with E-state index in [4.69, 9.17) is 0 Å². The van der Waals surface area contributed by atoms with Gasteiger partial charge in [0.1, 0.15) is 0 Å². The van der Waals surface area contributed by atoms with E-state index in [1.807, 2.05) is 0 Å². The first kappa shape index (κ1) is 90.6. The third-order valence-electron chi connectivity index (χ3n) is 0. The Bertz CT molecular complexity index is 4.53. The third-order valence-corrected chi connectivity index (χ3v) is 0. The molecule has 0 nitrogen and oxygen atoms in total. The quantitative estimate of drug-likeness (QED) is 0.291. The minimum atomic E-state index is 0. The maximum absolute atomic E-state index is 0. The van der Waals surface area contributed by atoms with Crippen LogP contribution in [0.25, 0.3) is 0 Å². The molecular formula is BIr8. The van der Waals surface area contributed by atoms with Crippen molar-refractivity contribution in [1.29, 1.82) is 0 Å². The fourth-order valence-electron chi connectivity index (χ4n) is 0. The number of hydrogen-bond acceptors (Lipinski definition) is 0. The molecule has 0 amide bonds. The van der Waals surface area contributed by atoms with Crippen molar-refractivity contribution in [3.63, 3.8) is 0 Å². The first-order valence-electron chi connectivity index (χ1n) is 0. The molecule has 0 heterocycles. The number of hydrogen-bond donors (Lipinski definition) is 0. The largest absolute Gasteiger partial charge is 0 e. The smallest absolute Gasteiger partial charge is 0 e. The summed E-state index contributed by atoms with van der Waals surface area (Å²) in [7, 11) is 0. The second-order valence-corrected chi connectivity index (χ2v) is 0. The molecule has 0 aliphatic heterocycles. The van der Waals surface area contributed by atoms with Crippen molar-refractivity contribution in [1.82, 2.24) is 0 Å². The van der Waals surface area contributed by atoms with Gasteiger partial charge in [-0.05, 0) is 0 Å². The summed E-state index contributed by atoms with van der Waals surface area (Å²) >= 11 is 0. The van der Waals surface area contributed by atoms with Crippen LogP contribution < -0.4 is 0 Å². The molecule has 11 radical (unpaired) electrons. The van der Waals surface area contributed by atoms with Crippen molar-refractivity contribution >= 4 is 8.41 Å². The predicted octanol–water partition coefficient (Wildman–Crippen LogP) is -0.401. The molecule has 9 heavy (non-hydrogen) atoms. The summed E-state index contributed by atoms with van der Waals surface area (Å²) in [6.07, 6.45) is 0. The van der Waals surface area contributed by atoms with Crippen molar-refractivity contribution in [2.75, 3.05) is 0 Å². The molecule has 0 spiro atoms. The minimum absolute atomic E-state index is 0. The van der Waals surface area contributed by atoms with Crippen LogP contribution in [0.2, 0.25) is 0 Å². The number of rotatable bonds is 0. The molecule has 9 heteroatoms. The maximum atomic E-state index is 0. The predicted molar refractivity (Wildman–Crippen MR) is 5.75 cm³/mol. The zero-order valence-electron chi connectivity index (χ0n) is 3.24. The van der Waals surface area contributed by atoms with E-state index in [-0.39, 0.29) is 169 Å². The fraction of sp³-hybridized carbons (Fsp3) is 0. The Morgan fingerprint density at radius 3 is 0.222 bits per heavy atom. The van der Waals surface area contributed by atoms with Crippen molar-refractivity contribution in [3.05, 3.63) is 0 Å². The van der Waals surface area contributed by atoms with Gasteiger partial charge < -0.3 is 0 Å². The van der Waals surface area contributed by atoms with Crippen molar-refractivity contribution in [2.45, 2.75) is 0 Å². The van der Waals surface area contributed by atoms with Crippen LogP contribution in [-0.2, 0) is 161 Å². The molecule has 0 bridgehead atoms. The van der Waals surface area contributed by atoms with Crippen LogP contribution in [0.5, 0.6) is 0 Å². The Morgan fingerprint density at radius 2 is 0.222 bits per heavy atom. The van der Waals surface area contributed by atoms with E-state index in [1.165, 1.54) is 0 Å². The molecule has 0 rings (SSSR count). The van der Waals surface area contributed by atoms with E-state index in [1.54, 1.807) is 0 Å². The maximum Gasteiger partial charge on any atom is 0 e. The first-order valence-corrected chi connectivity index (χ1v) is 0. The molecule has 0 aromatic carbocycles. The molecule has 0 fully saturated rings.